The molecule has 7 nitrogen and oxygen atoms in total. The first-order valence-corrected chi connectivity index (χ1v) is 11.0. The average molecular weight is 518 g/mol. The molecule has 0 aliphatic heterocycles. The number of aliphatic hydroxyl groups excluding tert-OH is 1. The summed E-state index contributed by atoms with van der Waals surface area (Å²) >= 11 is 13.5. The quantitative estimate of drug-likeness (QED) is 0.366. The maximum absolute atomic E-state index is 14.5. The van der Waals surface area contributed by atoms with Crippen molar-refractivity contribution in [3.63, 3.8) is 0 Å². The zero-order valence-electron chi connectivity index (χ0n) is 16.9. The van der Waals surface area contributed by atoms with Crippen molar-refractivity contribution in [1.82, 2.24) is 19.6 Å². The molecule has 13 heteroatoms. The van der Waals surface area contributed by atoms with Crippen molar-refractivity contribution in [2.24, 2.45) is 5.73 Å². The Labute approximate surface area is 199 Å². The van der Waals surface area contributed by atoms with Gasteiger partial charge in [-0.15, -0.1) is 10.2 Å². The fourth-order valence-electron chi connectivity index (χ4n) is 2.89. The number of halogens is 5. The molecule has 1 unspecified atom stereocenters. The highest BCUT2D eigenvalue weighted by atomic mass is 35.5. The van der Waals surface area contributed by atoms with Crippen molar-refractivity contribution in [2.45, 2.75) is 19.0 Å². The monoisotopic (exact) mass is 517 g/mol. The van der Waals surface area contributed by atoms with E-state index in [9.17, 15) is 18.3 Å². The van der Waals surface area contributed by atoms with Gasteiger partial charge < -0.3 is 20.0 Å². The lowest BCUT2D eigenvalue weighted by atomic mass is 10.2. The molecule has 3 N–H and O–H groups in total. The van der Waals surface area contributed by atoms with E-state index < -0.39 is 17.8 Å². The Bertz CT molecular complexity index is 1330. The van der Waals surface area contributed by atoms with E-state index in [1.54, 1.807) is 0 Å². The van der Waals surface area contributed by atoms with E-state index in [4.69, 9.17) is 33.7 Å². The van der Waals surface area contributed by atoms with Gasteiger partial charge in [0.05, 0.1) is 10.0 Å². The Morgan fingerprint density at radius 3 is 2.61 bits per heavy atom. The van der Waals surface area contributed by atoms with Crippen LogP contribution in [0.3, 0.4) is 0 Å². The molecule has 0 amide bonds. The number of nitrogens with two attached hydrogens (primary N) is 1. The van der Waals surface area contributed by atoms with Gasteiger partial charge in [-0.25, -0.2) is 18.2 Å². The molecule has 3 aromatic heterocycles. The maximum Gasteiger partial charge on any atom is 0.271 e. The summed E-state index contributed by atoms with van der Waals surface area (Å²) in [5.41, 5.74) is 5.95. The molecule has 1 atom stereocenters. The zero-order chi connectivity index (χ0) is 23.9. The van der Waals surface area contributed by atoms with E-state index in [1.807, 2.05) is 0 Å². The van der Waals surface area contributed by atoms with Crippen molar-refractivity contribution in [3.05, 3.63) is 52.0 Å². The van der Waals surface area contributed by atoms with Gasteiger partial charge in [0.2, 0.25) is 0 Å². The van der Waals surface area contributed by atoms with Crippen molar-refractivity contribution in [3.8, 4) is 27.0 Å². The molecule has 0 aliphatic rings. The normalized spacial score (nSPS) is 13.0. The number of aromatic nitrogens is 4. The number of hydrogen-bond acceptors (Lipinski definition) is 7. The Balaban J connectivity index is 1.65. The smallest absolute Gasteiger partial charge is 0.271 e. The molecule has 4 aromatic rings. The third-order valence-corrected chi connectivity index (χ3v) is 6.18. The van der Waals surface area contributed by atoms with Crippen LogP contribution in [0.2, 0.25) is 10.0 Å². The minimum atomic E-state index is -3.07. The summed E-state index contributed by atoms with van der Waals surface area (Å²) in [4.78, 5) is 4.35. The Hall–Kier alpha value is -2.44. The number of hydrogen-bond donors (Lipinski definition) is 2. The summed E-state index contributed by atoms with van der Waals surface area (Å²) in [7, 11) is 0. The maximum atomic E-state index is 14.5. The molecule has 0 aliphatic carbocycles. The van der Waals surface area contributed by atoms with Crippen LogP contribution < -0.4 is 10.5 Å². The fourth-order valence-corrected chi connectivity index (χ4v) is 4.28. The van der Waals surface area contributed by atoms with Crippen LogP contribution >= 0.6 is 34.5 Å². The number of nitrogens with zero attached hydrogens (tertiary/aromatic N) is 4. The van der Waals surface area contributed by atoms with Crippen LogP contribution in [0, 0.1) is 5.82 Å². The van der Waals surface area contributed by atoms with Crippen LogP contribution in [-0.2, 0) is 5.92 Å². The lowest BCUT2D eigenvalue weighted by molar-refractivity contribution is 0.0170. The Morgan fingerprint density at radius 1 is 1.18 bits per heavy atom. The average Bonchev–Trinajstić information content (AvgIpc) is 3.40. The predicted octanol–water partition coefficient (Wildman–Crippen LogP) is 4.78. The molecule has 174 valence electrons. The first kappa shape index (κ1) is 23.7. The number of fused-ring (bicyclic) bond motifs is 1. The molecule has 1 aromatic carbocycles. The van der Waals surface area contributed by atoms with Crippen LogP contribution in [0.5, 0.6) is 5.75 Å². The number of pyridine rings is 1. The summed E-state index contributed by atoms with van der Waals surface area (Å²) in [6.45, 7) is 0.560. The van der Waals surface area contributed by atoms with Gasteiger partial charge in [-0.2, -0.15) is 0 Å². The molecule has 0 radical (unpaired) electrons. The van der Waals surface area contributed by atoms with Crippen LogP contribution in [0.4, 0.5) is 13.2 Å². The molecule has 0 fully saturated rings. The van der Waals surface area contributed by atoms with Gasteiger partial charge in [0.15, 0.2) is 22.2 Å². The van der Waals surface area contributed by atoms with Crippen LogP contribution in [-0.4, -0.2) is 43.9 Å². The molecule has 0 saturated carbocycles. The Morgan fingerprint density at radius 2 is 1.91 bits per heavy atom. The lowest BCUT2D eigenvalue weighted by Gasteiger charge is -2.12. The number of rotatable bonds is 7. The van der Waals surface area contributed by atoms with Crippen LogP contribution in [0.15, 0.2) is 30.6 Å². The van der Waals surface area contributed by atoms with E-state index in [2.05, 4.69) is 15.2 Å². The molecule has 3 heterocycles. The standard InChI is InChI=1S/C20H16Cl2F3N5O2S/c1-20(24,25)9-2-13(22)17-27-15(7-30(17)6-9)19-29-28-18(33-19)11-3-14(23)16(4-12(11)21)32-8-10(31)5-26/h2-4,6-7,10,31H,5,8,26H2,1H3. The van der Waals surface area contributed by atoms with E-state index in [-0.39, 0.29) is 45.7 Å². The van der Waals surface area contributed by atoms with E-state index in [0.29, 0.717) is 15.7 Å². The SMILES string of the molecule is CC(F)(F)c1cc(Cl)c2nc(-c3nnc(-c4cc(F)c(OCC(O)CN)cc4Cl)s3)cn2c1. The minimum Gasteiger partial charge on any atom is -0.488 e. The van der Waals surface area contributed by atoms with Gasteiger partial charge in [0, 0.05) is 43.1 Å². The highest BCUT2D eigenvalue weighted by Crippen LogP contribution is 2.38. The third kappa shape index (κ3) is 4.92. The van der Waals surface area contributed by atoms with Gasteiger partial charge in [-0.05, 0) is 12.1 Å². The molecule has 0 spiro atoms. The van der Waals surface area contributed by atoms with Crippen LogP contribution in [0.25, 0.3) is 26.9 Å². The molecule has 4 rings (SSSR count). The summed E-state index contributed by atoms with van der Waals surface area (Å²) in [5, 5.41) is 18.5. The highest BCUT2D eigenvalue weighted by molar-refractivity contribution is 7.18. The topological polar surface area (TPSA) is 98.6 Å². The summed E-state index contributed by atoms with van der Waals surface area (Å²) in [6, 6.07) is 3.58. The first-order valence-electron chi connectivity index (χ1n) is 9.47. The molecule has 33 heavy (non-hydrogen) atoms. The van der Waals surface area contributed by atoms with Crippen molar-refractivity contribution in [1.29, 1.82) is 0 Å². The number of alkyl halides is 2. The lowest BCUT2D eigenvalue weighted by Crippen LogP contribution is -2.26. The summed E-state index contributed by atoms with van der Waals surface area (Å²) < 4.78 is 48.5. The third-order valence-electron chi connectivity index (χ3n) is 4.61. The van der Waals surface area contributed by atoms with Gasteiger partial charge >= 0.3 is 0 Å². The van der Waals surface area contributed by atoms with Gasteiger partial charge in [-0.1, -0.05) is 34.5 Å². The second-order valence-electron chi connectivity index (χ2n) is 7.20. The summed E-state index contributed by atoms with van der Waals surface area (Å²) in [5.74, 6) is -3.92. The zero-order valence-corrected chi connectivity index (χ0v) is 19.2. The number of benzene rings is 1. The van der Waals surface area contributed by atoms with Crippen molar-refractivity contribution < 1.29 is 23.0 Å². The van der Waals surface area contributed by atoms with E-state index in [0.717, 1.165) is 30.4 Å². The second-order valence-corrected chi connectivity index (χ2v) is 8.99. The van der Waals surface area contributed by atoms with E-state index >= 15 is 0 Å². The summed E-state index contributed by atoms with van der Waals surface area (Å²) in [6.07, 6.45) is 1.81. The molecule has 0 saturated heterocycles. The van der Waals surface area contributed by atoms with Crippen molar-refractivity contribution >= 4 is 40.2 Å². The molecular formula is C20H16Cl2F3N5O2S. The Kier molecular flexibility index (Phi) is 6.52. The van der Waals surface area contributed by atoms with E-state index in [1.165, 1.54) is 22.9 Å². The van der Waals surface area contributed by atoms with Crippen LogP contribution in [0.1, 0.15) is 12.5 Å². The van der Waals surface area contributed by atoms with Gasteiger partial charge in [0.25, 0.3) is 5.92 Å². The van der Waals surface area contributed by atoms with Gasteiger partial charge in [-0.3, -0.25) is 0 Å². The predicted molar refractivity (Wildman–Crippen MR) is 120 cm³/mol. The molecule has 0 bridgehead atoms. The second kappa shape index (κ2) is 9.07. The minimum absolute atomic E-state index is 0.0303. The van der Waals surface area contributed by atoms with Crippen molar-refractivity contribution in [2.75, 3.05) is 13.2 Å². The number of ether oxygens (including phenoxy) is 1. The largest absolute Gasteiger partial charge is 0.488 e. The highest BCUT2D eigenvalue weighted by Gasteiger charge is 2.26. The number of imidazole rings is 1. The fraction of sp³-hybridized carbons (Fsp3) is 0.250. The number of aliphatic hydroxyl groups is 1. The van der Waals surface area contributed by atoms with Gasteiger partial charge in [0.1, 0.15) is 23.4 Å². The molecular weight excluding hydrogens is 502 g/mol. The first-order chi connectivity index (χ1) is 15.6.